The molecule has 0 saturated heterocycles. The molecule has 0 radical (unpaired) electrons. The van der Waals surface area contributed by atoms with Crippen molar-refractivity contribution in [3.63, 3.8) is 0 Å². The maximum atomic E-state index is 9.39. The normalized spacial score (nSPS) is 29.6. The summed E-state index contributed by atoms with van der Waals surface area (Å²) in [5.41, 5.74) is 0.486. The SMILES string of the molecule is CCCNC1CCC(C)(C)CC1CN(CCO)C1CCC1. The molecule has 0 aliphatic heterocycles. The van der Waals surface area contributed by atoms with Crippen LogP contribution in [0.2, 0.25) is 0 Å². The Hall–Kier alpha value is -0.120. The molecule has 21 heavy (non-hydrogen) atoms. The molecule has 0 aromatic carbocycles. The molecule has 2 atom stereocenters. The van der Waals surface area contributed by atoms with Crippen LogP contribution in [0.1, 0.15) is 65.7 Å². The zero-order valence-electron chi connectivity index (χ0n) is 14.4. The molecular weight excluding hydrogens is 260 g/mol. The second-order valence-corrected chi connectivity index (χ2v) is 8.03. The Morgan fingerprint density at radius 2 is 2.00 bits per heavy atom. The summed E-state index contributed by atoms with van der Waals surface area (Å²) in [4.78, 5) is 2.58. The third kappa shape index (κ3) is 4.94. The van der Waals surface area contributed by atoms with Gasteiger partial charge in [-0.15, -0.1) is 0 Å². The minimum atomic E-state index is 0.305. The summed E-state index contributed by atoms with van der Waals surface area (Å²) in [6.45, 7) is 10.6. The van der Waals surface area contributed by atoms with E-state index in [9.17, 15) is 5.11 Å². The summed E-state index contributed by atoms with van der Waals surface area (Å²) in [5.74, 6) is 0.743. The lowest BCUT2D eigenvalue weighted by Gasteiger charge is -2.46. The van der Waals surface area contributed by atoms with Crippen LogP contribution in [0.15, 0.2) is 0 Å². The standard InChI is InChI=1S/C18H36N2O/c1-4-10-19-17-8-9-18(2,3)13-15(17)14-20(11-12-21)16-6-5-7-16/h15-17,19,21H,4-14H2,1-3H3. The molecule has 0 spiro atoms. The average molecular weight is 296 g/mol. The highest BCUT2D eigenvalue weighted by Crippen LogP contribution is 2.40. The summed E-state index contributed by atoms with van der Waals surface area (Å²) in [7, 11) is 0. The number of hydrogen-bond donors (Lipinski definition) is 2. The van der Waals surface area contributed by atoms with E-state index in [-0.39, 0.29) is 0 Å². The first kappa shape index (κ1) is 17.2. The Kier molecular flexibility index (Phi) is 6.51. The van der Waals surface area contributed by atoms with Gasteiger partial charge in [0.2, 0.25) is 0 Å². The molecule has 2 N–H and O–H groups in total. The van der Waals surface area contributed by atoms with Gasteiger partial charge >= 0.3 is 0 Å². The summed E-state index contributed by atoms with van der Waals surface area (Å²) in [6, 6.07) is 1.42. The smallest absolute Gasteiger partial charge is 0.0558 e. The van der Waals surface area contributed by atoms with Gasteiger partial charge in [0.05, 0.1) is 6.61 Å². The first-order chi connectivity index (χ1) is 10.1. The Bertz CT molecular complexity index is 302. The van der Waals surface area contributed by atoms with Gasteiger partial charge in [0, 0.05) is 25.2 Å². The van der Waals surface area contributed by atoms with Crippen molar-refractivity contribution in [1.82, 2.24) is 10.2 Å². The summed E-state index contributed by atoms with van der Waals surface area (Å²) < 4.78 is 0. The zero-order valence-corrected chi connectivity index (χ0v) is 14.4. The molecule has 0 bridgehead atoms. The van der Waals surface area contributed by atoms with Crippen molar-refractivity contribution >= 4 is 0 Å². The maximum absolute atomic E-state index is 9.39. The molecule has 3 nitrogen and oxygen atoms in total. The van der Waals surface area contributed by atoms with Crippen molar-refractivity contribution < 1.29 is 5.11 Å². The van der Waals surface area contributed by atoms with Gasteiger partial charge in [0.1, 0.15) is 0 Å². The Morgan fingerprint density at radius 3 is 2.57 bits per heavy atom. The molecule has 2 aliphatic carbocycles. The second kappa shape index (κ2) is 7.94. The number of aliphatic hydroxyl groups excluding tert-OH is 1. The molecule has 2 fully saturated rings. The van der Waals surface area contributed by atoms with Crippen LogP contribution in [0.5, 0.6) is 0 Å². The van der Waals surface area contributed by atoms with E-state index in [0.29, 0.717) is 18.1 Å². The number of nitrogens with zero attached hydrogens (tertiary/aromatic N) is 1. The summed E-state index contributed by atoms with van der Waals surface area (Å²) >= 11 is 0. The Labute approximate surface area is 131 Å². The van der Waals surface area contributed by atoms with Gasteiger partial charge in [-0.3, -0.25) is 4.90 Å². The van der Waals surface area contributed by atoms with Crippen molar-refractivity contribution in [2.75, 3.05) is 26.2 Å². The van der Waals surface area contributed by atoms with E-state index in [0.717, 1.165) is 25.0 Å². The zero-order chi connectivity index (χ0) is 15.3. The largest absolute Gasteiger partial charge is 0.395 e. The minimum Gasteiger partial charge on any atom is -0.395 e. The first-order valence-electron chi connectivity index (χ1n) is 9.14. The quantitative estimate of drug-likeness (QED) is 0.723. The van der Waals surface area contributed by atoms with Crippen LogP contribution in [-0.4, -0.2) is 48.3 Å². The molecule has 0 heterocycles. The topological polar surface area (TPSA) is 35.5 Å². The molecule has 2 rings (SSSR count). The van der Waals surface area contributed by atoms with Crippen LogP contribution >= 0.6 is 0 Å². The van der Waals surface area contributed by atoms with E-state index in [1.807, 2.05) is 0 Å². The van der Waals surface area contributed by atoms with E-state index in [2.05, 4.69) is 31.0 Å². The van der Waals surface area contributed by atoms with Crippen LogP contribution in [-0.2, 0) is 0 Å². The van der Waals surface area contributed by atoms with Gasteiger partial charge < -0.3 is 10.4 Å². The van der Waals surface area contributed by atoms with Gasteiger partial charge in [0.15, 0.2) is 0 Å². The van der Waals surface area contributed by atoms with E-state index in [1.54, 1.807) is 0 Å². The summed E-state index contributed by atoms with van der Waals surface area (Å²) in [6.07, 6.45) is 9.24. The number of rotatable bonds is 8. The molecule has 2 aliphatic rings. The van der Waals surface area contributed by atoms with E-state index in [4.69, 9.17) is 0 Å². The fraction of sp³-hybridized carbons (Fsp3) is 1.00. The summed E-state index contributed by atoms with van der Waals surface area (Å²) in [5, 5.41) is 13.2. The van der Waals surface area contributed by atoms with E-state index in [1.165, 1.54) is 51.5 Å². The first-order valence-corrected chi connectivity index (χ1v) is 9.14. The number of hydrogen-bond acceptors (Lipinski definition) is 3. The third-order valence-corrected chi connectivity index (χ3v) is 5.62. The monoisotopic (exact) mass is 296 g/mol. The number of nitrogens with one attached hydrogen (secondary N) is 1. The molecule has 0 aromatic rings. The molecule has 124 valence electrons. The lowest BCUT2D eigenvalue weighted by atomic mass is 9.69. The van der Waals surface area contributed by atoms with Crippen LogP contribution in [0.3, 0.4) is 0 Å². The van der Waals surface area contributed by atoms with Crippen molar-refractivity contribution in [3.8, 4) is 0 Å². The van der Waals surface area contributed by atoms with Gasteiger partial charge in [-0.05, 0) is 56.4 Å². The number of aliphatic hydroxyl groups is 1. The van der Waals surface area contributed by atoms with Crippen LogP contribution in [0.4, 0.5) is 0 Å². The third-order valence-electron chi connectivity index (χ3n) is 5.62. The maximum Gasteiger partial charge on any atom is 0.0558 e. The molecule has 3 heteroatoms. The van der Waals surface area contributed by atoms with Crippen LogP contribution < -0.4 is 5.32 Å². The van der Waals surface area contributed by atoms with Crippen molar-refractivity contribution in [3.05, 3.63) is 0 Å². The highest BCUT2D eigenvalue weighted by atomic mass is 16.3. The van der Waals surface area contributed by atoms with Crippen LogP contribution in [0.25, 0.3) is 0 Å². The van der Waals surface area contributed by atoms with E-state index >= 15 is 0 Å². The highest BCUT2D eigenvalue weighted by Gasteiger charge is 2.37. The lowest BCUT2D eigenvalue weighted by molar-refractivity contribution is 0.0467. The minimum absolute atomic E-state index is 0.305. The van der Waals surface area contributed by atoms with Gasteiger partial charge in [-0.25, -0.2) is 0 Å². The molecule has 2 unspecified atom stereocenters. The molecule has 0 amide bonds. The van der Waals surface area contributed by atoms with Crippen LogP contribution in [0, 0.1) is 11.3 Å². The van der Waals surface area contributed by atoms with Gasteiger partial charge in [-0.1, -0.05) is 27.2 Å². The van der Waals surface area contributed by atoms with Gasteiger partial charge in [-0.2, -0.15) is 0 Å². The predicted octanol–water partition coefficient (Wildman–Crippen LogP) is 3.03. The molecule has 2 saturated carbocycles. The molecule has 0 aromatic heterocycles. The Morgan fingerprint density at radius 1 is 1.24 bits per heavy atom. The lowest BCUT2D eigenvalue weighted by Crippen LogP contribution is -2.51. The average Bonchev–Trinajstić information content (AvgIpc) is 2.35. The van der Waals surface area contributed by atoms with Crippen molar-refractivity contribution in [2.45, 2.75) is 77.8 Å². The predicted molar refractivity (Wildman–Crippen MR) is 89.5 cm³/mol. The van der Waals surface area contributed by atoms with Crippen molar-refractivity contribution in [1.29, 1.82) is 0 Å². The van der Waals surface area contributed by atoms with E-state index < -0.39 is 0 Å². The second-order valence-electron chi connectivity index (χ2n) is 8.03. The Balaban J connectivity index is 1.95. The van der Waals surface area contributed by atoms with Gasteiger partial charge in [0.25, 0.3) is 0 Å². The molecular formula is C18H36N2O. The fourth-order valence-electron chi connectivity index (χ4n) is 4.13. The highest BCUT2D eigenvalue weighted by molar-refractivity contribution is 4.92. The van der Waals surface area contributed by atoms with Crippen molar-refractivity contribution in [2.24, 2.45) is 11.3 Å². The fourth-order valence-corrected chi connectivity index (χ4v) is 4.13.